The molecule has 6 heteroatoms. The third-order valence-electron chi connectivity index (χ3n) is 4.31. The molecule has 0 spiro atoms. The van der Waals surface area contributed by atoms with Crippen molar-refractivity contribution in [3.05, 3.63) is 26.4 Å². The van der Waals surface area contributed by atoms with Crippen molar-refractivity contribution in [3.63, 3.8) is 0 Å². The molecular weight excluding hydrogens is 282 g/mol. The first-order chi connectivity index (χ1) is 10.3. The van der Waals surface area contributed by atoms with E-state index in [1.54, 1.807) is 0 Å². The Morgan fingerprint density at radius 1 is 0.909 bits per heavy atom. The van der Waals surface area contributed by atoms with E-state index in [-0.39, 0.29) is 11.4 Å². The molecule has 0 saturated carbocycles. The van der Waals surface area contributed by atoms with E-state index in [4.69, 9.17) is 0 Å². The third kappa shape index (κ3) is 3.61. The Bertz CT molecular complexity index is 599. The van der Waals surface area contributed by atoms with E-state index in [0.717, 1.165) is 52.5 Å². The zero-order valence-electron chi connectivity index (χ0n) is 14.6. The van der Waals surface area contributed by atoms with Gasteiger partial charge in [-0.3, -0.25) is 13.9 Å². The van der Waals surface area contributed by atoms with Crippen LogP contribution in [0.1, 0.15) is 45.6 Å². The van der Waals surface area contributed by atoms with Gasteiger partial charge in [-0.25, -0.2) is 4.79 Å². The Morgan fingerprint density at radius 2 is 1.36 bits per heavy atom. The van der Waals surface area contributed by atoms with E-state index >= 15 is 0 Å². The largest absolute Gasteiger partial charge is 0.494 e. The molecule has 6 nitrogen and oxygen atoms in total. The number of hydrogen-bond donors (Lipinski definition) is 1. The average Bonchev–Trinajstić information content (AvgIpc) is 2.48. The van der Waals surface area contributed by atoms with Crippen LogP contribution in [0.4, 0.5) is 0 Å². The molecule has 1 N–H and O–H groups in total. The van der Waals surface area contributed by atoms with E-state index in [0.29, 0.717) is 12.1 Å². The van der Waals surface area contributed by atoms with Crippen molar-refractivity contribution in [2.45, 2.75) is 46.6 Å². The molecule has 0 aliphatic carbocycles. The lowest BCUT2D eigenvalue weighted by Crippen LogP contribution is -2.51. The molecule has 1 aromatic heterocycles. The van der Waals surface area contributed by atoms with E-state index in [1.165, 1.54) is 14.1 Å². The molecule has 0 atom stereocenters. The second-order valence-electron chi connectivity index (χ2n) is 6.18. The van der Waals surface area contributed by atoms with Crippen LogP contribution in [0.5, 0.6) is 5.88 Å². The highest BCUT2D eigenvalue weighted by Gasteiger charge is 2.29. The number of rotatable bonds is 8. The van der Waals surface area contributed by atoms with Crippen LogP contribution in [0, 0.1) is 0 Å². The molecule has 1 rings (SSSR count). The average molecular weight is 312 g/mol. The number of aromatic hydroxyl groups is 1. The lowest BCUT2D eigenvalue weighted by Gasteiger charge is -2.38. The summed E-state index contributed by atoms with van der Waals surface area (Å²) in [4.78, 5) is 24.3. The summed E-state index contributed by atoms with van der Waals surface area (Å²) in [6, 6.07) is 0. The van der Waals surface area contributed by atoms with E-state index < -0.39 is 5.69 Å². The van der Waals surface area contributed by atoms with Crippen LogP contribution < -0.4 is 11.2 Å². The molecular formula is C16H30N3O3+. The smallest absolute Gasteiger partial charge is 0.333 e. The molecule has 0 radical (unpaired) electrons. The van der Waals surface area contributed by atoms with Crippen LogP contribution in [0.3, 0.4) is 0 Å². The van der Waals surface area contributed by atoms with E-state index in [2.05, 4.69) is 20.8 Å². The predicted octanol–water partition coefficient (Wildman–Crippen LogP) is 1.34. The predicted molar refractivity (Wildman–Crippen MR) is 88.0 cm³/mol. The van der Waals surface area contributed by atoms with Gasteiger partial charge in [-0.1, -0.05) is 20.8 Å². The molecule has 0 amide bonds. The summed E-state index contributed by atoms with van der Waals surface area (Å²) in [5.74, 6) is -0.195. The van der Waals surface area contributed by atoms with Crippen molar-refractivity contribution in [3.8, 4) is 5.88 Å². The fourth-order valence-corrected chi connectivity index (χ4v) is 3.37. The van der Waals surface area contributed by atoms with Gasteiger partial charge in [0.15, 0.2) is 0 Å². The van der Waals surface area contributed by atoms with Gasteiger partial charge in [0.25, 0.3) is 5.56 Å². The summed E-state index contributed by atoms with van der Waals surface area (Å²) in [5.41, 5.74) is -0.530. The molecule has 0 aliphatic rings. The normalized spacial score (nSPS) is 11.9. The Kier molecular flexibility index (Phi) is 6.41. The summed E-state index contributed by atoms with van der Waals surface area (Å²) in [5, 5.41) is 10.3. The number of nitrogens with zero attached hydrogens (tertiary/aromatic N) is 3. The van der Waals surface area contributed by atoms with Crippen LogP contribution in [0.15, 0.2) is 9.59 Å². The quantitative estimate of drug-likeness (QED) is 0.737. The van der Waals surface area contributed by atoms with E-state index in [9.17, 15) is 14.7 Å². The molecule has 126 valence electrons. The van der Waals surface area contributed by atoms with Gasteiger partial charge in [0.2, 0.25) is 5.88 Å². The summed E-state index contributed by atoms with van der Waals surface area (Å²) < 4.78 is 3.01. The summed E-state index contributed by atoms with van der Waals surface area (Å²) in [6.07, 6.45) is 3.06. The van der Waals surface area contributed by atoms with Crippen molar-refractivity contribution in [1.82, 2.24) is 9.13 Å². The Morgan fingerprint density at radius 3 is 1.77 bits per heavy atom. The number of quaternary nitrogens is 1. The topological polar surface area (TPSA) is 64.2 Å². The maximum Gasteiger partial charge on any atom is 0.333 e. The molecule has 0 aliphatic heterocycles. The van der Waals surface area contributed by atoms with Crippen LogP contribution >= 0.6 is 0 Å². The third-order valence-corrected chi connectivity index (χ3v) is 4.31. The van der Waals surface area contributed by atoms with Crippen molar-refractivity contribution in [1.29, 1.82) is 0 Å². The minimum atomic E-state index is -0.495. The minimum absolute atomic E-state index is 0.195. The van der Waals surface area contributed by atoms with Gasteiger partial charge in [0.05, 0.1) is 19.6 Å². The second kappa shape index (κ2) is 7.63. The van der Waals surface area contributed by atoms with E-state index in [1.807, 2.05) is 0 Å². The summed E-state index contributed by atoms with van der Waals surface area (Å²) in [6.45, 7) is 9.78. The number of aromatic nitrogens is 2. The molecule has 22 heavy (non-hydrogen) atoms. The van der Waals surface area contributed by atoms with Crippen molar-refractivity contribution in [2.24, 2.45) is 14.1 Å². The monoisotopic (exact) mass is 312 g/mol. The van der Waals surface area contributed by atoms with Crippen LogP contribution in [0.25, 0.3) is 0 Å². The first-order valence-electron chi connectivity index (χ1n) is 8.16. The van der Waals surface area contributed by atoms with Gasteiger partial charge in [-0.15, -0.1) is 0 Å². The molecule has 0 aromatic carbocycles. The standard InChI is InChI=1S/C16H29N3O3/c1-6-9-19(10-7-2,11-8-3)12-13-14(20)17(4)16(22)18(5)15(13)21/h6-12H2,1-5H3/p+1. The molecule has 0 bridgehead atoms. The Hall–Kier alpha value is -1.56. The fraction of sp³-hybridized carbons (Fsp3) is 0.750. The molecule has 1 aromatic rings. The zero-order valence-corrected chi connectivity index (χ0v) is 14.6. The second-order valence-corrected chi connectivity index (χ2v) is 6.18. The molecule has 0 saturated heterocycles. The van der Waals surface area contributed by atoms with Crippen molar-refractivity contribution < 1.29 is 9.59 Å². The Labute approximate surface area is 132 Å². The molecule has 0 unspecified atom stereocenters. The van der Waals surface area contributed by atoms with Crippen molar-refractivity contribution >= 4 is 0 Å². The first-order valence-corrected chi connectivity index (χ1v) is 8.16. The van der Waals surface area contributed by atoms with Gasteiger partial charge in [-0.05, 0) is 19.3 Å². The lowest BCUT2D eigenvalue weighted by molar-refractivity contribution is -0.941. The van der Waals surface area contributed by atoms with Crippen molar-refractivity contribution in [2.75, 3.05) is 19.6 Å². The lowest BCUT2D eigenvalue weighted by atomic mass is 10.1. The SMILES string of the molecule is CCC[N+](CCC)(CCC)Cc1c(O)n(C)c(=O)n(C)c1=O. The van der Waals surface area contributed by atoms with Crippen LogP contribution in [-0.2, 0) is 20.6 Å². The fourth-order valence-electron chi connectivity index (χ4n) is 3.37. The maximum atomic E-state index is 12.4. The zero-order chi connectivity index (χ0) is 16.9. The van der Waals surface area contributed by atoms with Gasteiger partial charge in [-0.2, -0.15) is 0 Å². The number of hydrogen-bond acceptors (Lipinski definition) is 3. The van der Waals surface area contributed by atoms with Gasteiger partial charge < -0.3 is 9.59 Å². The highest BCUT2D eigenvalue weighted by atomic mass is 16.3. The summed E-state index contributed by atoms with van der Waals surface area (Å²) in [7, 11) is 2.95. The van der Waals surface area contributed by atoms with Gasteiger partial charge >= 0.3 is 5.69 Å². The van der Waals surface area contributed by atoms with Gasteiger partial charge in [0.1, 0.15) is 12.1 Å². The summed E-state index contributed by atoms with van der Waals surface area (Å²) >= 11 is 0. The van der Waals surface area contributed by atoms with Crippen LogP contribution in [0.2, 0.25) is 0 Å². The Balaban J connectivity index is 3.41. The minimum Gasteiger partial charge on any atom is -0.494 e. The maximum absolute atomic E-state index is 12.4. The highest BCUT2D eigenvalue weighted by molar-refractivity contribution is 5.22. The molecule has 1 heterocycles. The highest BCUT2D eigenvalue weighted by Crippen LogP contribution is 2.20. The van der Waals surface area contributed by atoms with Gasteiger partial charge in [0, 0.05) is 14.1 Å². The molecule has 0 fully saturated rings. The van der Waals surface area contributed by atoms with Crippen LogP contribution in [-0.4, -0.2) is 38.4 Å². The first kappa shape index (κ1) is 18.5.